The molecule has 1 saturated heterocycles. The number of para-hydroxylation sites is 2. The Hall–Kier alpha value is -4.37. The second-order valence-corrected chi connectivity index (χ2v) is 16.6. The molecule has 1 aliphatic carbocycles. The summed E-state index contributed by atoms with van der Waals surface area (Å²) in [5.74, 6) is -2.56. The Bertz CT molecular complexity index is 1910. The summed E-state index contributed by atoms with van der Waals surface area (Å²) in [4.78, 5) is 85.7. The van der Waals surface area contributed by atoms with E-state index in [0.29, 0.717) is 29.6 Å². The number of nitrogens with zero attached hydrogens (tertiary/aromatic N) is 3. The Labute approximate surface area is 304 Å². The maximum atomic E-state index is 14.4. The van der Waals surface area contributed by atoms with Gasteiger partial charge in [-0.2, -0.15) is 0 Å². The molecule has 0 spiro atoms. The molecule has 2 aromatic heterocycles. The number of amides is 4. The maximum Gasteiger partial charge on any atom is 0.429 e. The van der Waals surface area contributed by atoms with Crippen molar-refractivity contribution in [1.29, 1.82) is 0 Å². The van der Waals surface area contributed by atoms with Crippen LogP contribution in [0, 0.1) is 5.92 Å². The van der Waals surface area contributed by atoms with Crippen LogP contribution in [0.1, 0.15) is 65.7 Å². The first-order valence-electron chi connectivity index (χ1n) is 17.3. The van der Waals surface area contributed by atoms with Gasteiger partial charge in [-0.25, -0.2) is 19.3 Å². The average molecular weight is 755 g/mol. The lowest BCUT2D eigenvalue weighted by Crippen LogP contribution is -2.57. The van der Waals surface area contributed by atoms with Crippen molar-refractivity contribution in [2.75, 3.05) is 6.54 Å². The standard InChI is InChI=1S/C35H43N6O9PS/c1-34(2,3)50-33(45)38-25-15-8-6-4-5-7-12-21-19-35(21,32(44)40-51(46,47)48)39-29(42)26-18-22(20-41(26)31(25)43)49-30-28(27-16-11-17-52-27)36-23-13-9-10-14-24(23)37-30/h7,9-14,16-17,21-22,25-26H,4-6,8,15,18-20H2,1-3H3,(H,38,45)(H,39,42)(H3,40,44,46,47,48)/b12-7-/t21?,22-,25+,26+,35-/m1/s1. The van der Waals surface area contributed by atoms with Crippen molar-refractivity contribution in [1.82, 2.24) is 30.6 Å². The number of hydrogen-bond acceptors (Lipinski definition) is 10. The van der Waals surface area contributed by atoms with Crippen LogP contribution in [0.15, 0.2) is 53.9 Å². The van der Waals surface area contributed by atoms with Gasteiger partial charge in [0.1, 0.15) is 35.0 Å². The highest BCUT2D eigenvalue weighted by Crippen LogP contribution is 2.47. The number of carbonyl (C=O) groups is 4. The van der Waals surface area contributed by atoms with E-state index in [1.807, 2.05) is 41.8 Å². The van der Waals surface area contributed by atoms with Crippen LogP contribution in [0.2, 0.25) is 0 Å². The average Bonchev–Trinajstić information content (AvgIpc) is 3.37. The number of allylic oxidation sites excluding steroid dienone is 1. The van der Waals surface area contributed by atoms with Crippen LogP contribution in [0.3, 0.4) is 0 Å². The fraction of sp³-hybridized carbons (Fsp3) is 0.486. The van der Waals surface area contributed by atoms with Gasteiger partial charge in [0.05, 0.1) is 22.5 Å². The normalized spacial score (nSPS) is 26.2. The van der Waals surface area contributed by atoms with Crippen molar-refractivity contribution in [3.63, 3.8) is 0 Å². The molecule has 1 aromatic carbocycles. The van der Waals surface area contributed by atoms with E-state index in [-0.39, 0.29) is 31.7 Å². The zero-order valence-corrected chi connectivity index (χ0v) is 30.8. The molecule has 0 bridgehead atoms. The summed E-state index contributed by atoms with van der Waals surface area (Å²) in [6.07, 6.45) is 5.25. The van der Waals surface area contributed by atoms with E-state index in [0.717, 1.165) is 17.7 Å². The quantitative estimate of drug-likeness (QED) is 0.178. The number of hydrogen-bond donors (Lipinski definition) is 5. The third-order valence-corrected chi connectivity index (χ3v) is 10.5. The predicted octanol–water partition coefficient (Wildman–Crippen LogP) is 4.20. The van der Waals surface area contributed by atoms with Crippen molar-refractivity contribution < 1.29 is 43.0 Å². The SMILES string of the molecule is CC(C)(C)OC(=O)N[C@H]1CCCCC/C=C\C2C[C@@]2(C(=O)NP(=O)(O)O)NC(=O)[C@@H]2C[C@@H](Oc3nc4ccccc4nc3-c3cccs3)CN2C1=O. The van der Waals surface area contributed by atoms with Crippen LogP contribution >= 0.6 is 19.1 Å². The molecule has 3 aliphatic rings. The third-order valence-electron chi connectivity index (χ3n) is 9.15. The molecule has 1 unspecified atom stereocenters. The Morgan fingerprint density at radius 2 is 1.83 bits per heavy atom. The van der Waals surface area contributed by atoms with E-state index in [1.54, 1.807) is 38.0 Å². The van der Waals surface area contributed by atoms with E-state index in [1.165, 1.54) is 16.2 Å². The lowest BCUT2D eigenvalue weighted by molar-refractivity contribution is -0.141. The van der Waals surface area contributed by atoms with E-state index >= 15 is 0 Å². The molecule has 0 radical (unpaired) electrons. The van der Waals surface area contributed by atoms with Gasteiger partial charge in [0.25, 0.3) is 5.91 Å². The number of benzene rings is 1. The highest BCUT2D eigenvalue weighted by atomic mass is 32.1. The van der Waals surface area contributed by atoms with Crippen molar-refractivity contribution in [2.24, 2.45) is 5.92 Å². The third kappa shape index (κ3) is 8.80. The lowest BCUT2D eigenvalue weighted by atomic mass is 10.0. The molecule has 3 aromatic rings. The first-order chi connectivity index (χ1) is 24.6. The number of rotatable bonds is 6. The summed E-state index contributed by atoms with van der Waals surface area (Å²) in [7, 11) is -4.99. The minimum Gasteiger partial charge on any atom is -0.471 e. The summed E-state index contributed by atoms with van der Waals surface area (Å²) in [6.45, 7) is 5.08. The largest absolute Gasteiger partial charge is 0.471 e. The van der Waals surface area contributed by atoms with Crippen molar-refractivity contribution >= 4 is 53.9 Å². The monoisotopic (exact) mass is 754 g/mol. The number of fused-ring (bicyclic) bond motifs is 3. The van der Waals surface area contributed by atoms with Crippen molar-refractivity contribution in [3.05, 3.63) is 53.9 Å². The fourth-order valence-corrected chi connectivity index (χ4v) is 7.81. The number of thiophene rings is 1. The molecule has 5 N–H and O–H groups in total. The topological polar surface area (TPSA) is 209 Å². The molecule has 6 rings (SSSR count). The van der Waals surface area contributed by atoms with Gasteiger partial charge in [0.15, 0.2) is 0 Å². The molecule has 15 nitrogen and oxygen atoms in total. The van der Waals surface area contributed by atoms with Crippen LogP contribution in [0.25, 0.3) is 21.6 Å². The molecule has 5 atom stereocenters. The molecule has 52 heavy (non-hydrogen) atoms. The molecule has 4 amide bonds. The summed E-state index contributed by atoms with van der Waals surface area (Å²) >= 11 is 1.45. The van der Waals surface area contributed by atoms with Gasteiger partial charge < -0.3 is 34.8 Å². The van der Waals surface area contributed by atoms with Crippen LogP contribution < -0.4 is 20.5 Å². The molecule has 2 aliphatic heterocycles. The number of carbonyl (C=O) groups excluding carboxylic acids is 4. The molecular formula is C35H43N6O9PS. The number of ether oxygens (including phenoxy) is 2. The maximum absolute atomic E-state index is 14.4. The summed E-state index contributed by atoms with van der Waals surface area (Å²) in [5, 5.41) is 9.09. The Morgan fingerprint density at radius 3 is 2.52 bits per heavy atom. The van der Waals surface area contributed by atoms with Gasteiger partial charge in [-0.3, -0.25) is 19.5 Å². The molecular weight excluding hydrogens is 711 g/mol. The number of aromatic nitrogens is 2. The van der Waals surface area contributed by atoms with Gasteiger partial charge in [0, 0.05) is 12.3 Å². The minimum absolute atomic E-state index is 0.00812. The van der Waals surface area contributed by atoms with Crippen molar-refractivity contribution in [2.45, 2.75) is 95.0 Å². The van der Waals surface area contributed by atoms with Gasteiger partial charge in [-0.05, 0) is 70.0 Å². The highest BCUT2D eigenvalue weighted by molar-refractivity contribution is 7.50. The Balaban J connectivity index is 1.34. The summed E-state index contributed by atoms with van der Waals surface area (Å²) in [6, 6.07) is 8.90. The van der Waals surface area contributed by atoms with Gasteiger partial charge in [-0.1, -0.05) is 43.2 Å². The smallest absolute Gasteiger partial charge is 0.429 e. The second kappa shape index (κ2) is 14.9. The molecule has 2 fully saturated rings. The van der Waals surface area contributed by atoms with Crippen molar-refractivity contribution in [3.8, 4) is 16.5 Å². The first-order valence-corrected chi connectivity index (χ1v) is 19.8. The number of nitrogens with one attached hydrogen (secondary N) is 3. The fourth-order valence-electron chi connectivity index (χ4n) is 6.64. The van der Waals surface area contributed by atoms with E-state index < -0.39 is 66.8 Å². The number of alkyl carbamates (subject to hydrolysis) is 1. The molecule has 17 heteroatoms. The molecule has 1 saturated carbocycles. The van der Waals surface area contributed by atoms with Crippen LogP contribution in [-0.4, -0.2) is 84.3 Å². The highest BCUT2D eigenvalue weighted by Gasteiger charge is 2.61. The van der Waals surface area contributed by atoms with E-state index in [9.17, 15) is 33.5 Å². The van der Waals surface area contributed by atoms with E-state index in [2.05, 4.69) is 10.6 Å². The minimum atomic E-state index is -4.99. The van der Waals surface area contributed by atoms with Crippen LogP contribution in [-0.2, 0) is 23.7 Å². The van der Waals surface area contributed by atoms with Crippen LogP contribution in [0.4, 0.5) is 4.79 Å². The molecule has 4 heterocycles. The van der Waals surface area contributed by atoms with Gasteiger partial charge in [0.2, 0.25) is 17.7 Å². The van der Waals surface area contributed by atoms with Crippen LogP contribution in [0.5, 0.6) is 5.88 Å². The second-order valence-electron chi connectivity index (χ2n) is 14.3. The Morgan fingerprint density at radius 1 is 1.08 bits per heavy atom. The zero-order valence-electron chi connectivity index (χ0n) is 29.1. The zero-order chi connectivity index (χ0) is 37.3. The lowest BCUT2D eigenvalue weighted by Gasteiger charge is -2.30. The molecule has 278 valence electrons. The summed E-state index contributed by atoms with van der Waals surface area (Å²) < 4.78 is 23.7. The summed E-state index contributed by atoms with van der Waals surface area (Å²) in [5.41, 5.74) is -0.702. The predicted molar refractivity (Wildman–Crippen MR) is 192 cm³/mol. The first kappa shape index (κ1) is 37.4. The van der Waals surface area contributed by atoms with Gasteiger partial charge in [-0.15, -0.1) is 11.3 Å². The van der Waals surface area contributed by atoms with E-state index in [4.69, 9.17) is 19.4 Å². The van der Waals surface area contributed by atoms with Gasteiger partial charge >= 0.3 is 13.8 Å². The Kier molecular flexibility index (Phi) is 10.7.